The minimum atomic E-state index is -0.660. The van der Waals surface area contributed by atoms with Gasteiger partial charge in [0.1, 0.15) is 0 Å². The molecule has 0 aromatic rings. The molecule has 0 amide bonds. The first-order chi connectivity index (χ1) is 6.59. The molecule has 1 aliphatic heterocycles. The van der Waals surface area contributed by atoms with E-state index in [0.29, 0.717) is 18.1 Å². The third-order valence-electron chi connectivity index (χ3n) is 2.64. The van der Waals surface area contributed by atoms with Crippen LogP contribution in [0.25, 0.3) is 0 Å². The summed E-state index contributed by atoms with van der Waals surface area (Å²) in [4.78, 5) is 2.16. The zero-order chi connectivity index (χ0) is 10.6. The summed E-state index contributed by atoms with van der Waals surface area (Å²) in [7, 11) is -0.660. The molecule has 0 aromatic heterocycles. The molecule has 0 unspecified atom stereocenters. The lowest BCUT2D eigenvalue weighted by Crippen LogP contribution is -2.46. The Morgan fingerprint density at radius 1 is 1.29 bits per heavy atom. The van der Waals surface area contributed by atoms with E-state index in [1.54, 1.807) is 0 Å². The van der Waals surface area contributed by atoms with Crippen LogP contribution in [0.2, 0.25) is 0 Å². The highest BCUT2D eigenvalue weighted by Gasteiger charge is 2.27. The van der Waals surface area contributed by atoms with Crippen molar-refractivity contribution in [3.63, 3.8) is 0 Å². The van der Waals surface area contributed by atoms with E-state index in [0.717, 1.165) is 13.1 Å². The average molecular weight is 221 g/mol. The molecule has 1 heterocycles. The fraction of sp³-hybridized carbons (Fsp3) is 1.00. The van der Waals surface area contributed by atoms with Crippen molar-refractivity contribution in [2.45, 2.75) is 6.92 Å². The van der Waals surface area contributed by atoms with Gasteiger partial charge in [0.15, 0.2) is 0 Å². The van der Waals surface area contributed by atoms with E-state index in [2.05, 4.69) is 4.90 Å². The lowest BCUT2D eigenvalue weighted by molar-refractivity contribution is 0.0376. The van der Waals surface area contributed by atoms with Gasteiger partial charge in [0.25, 0.3) is 0 Å². The predicted octanol–water partition coefficient (Wildman–Crippen LogP) is -0.958. The molecule has 5 heteroatoms. The predicted molar refractivity (Wildman–Crippen MR) is 56.6 cm³/mol. The van der Waals surface area contributed by atoms with Gasteiger partial charge in [0.05, 0.1) is 13.2 Å². The van der Waals surface area contributed by atoms with Gasteiger partial charge in [-0.25, -0.2) is 0 Å². The highest BCUT2D eigenvalue weighted by molar-refractivity contribution is 7.85. The molecule has 4 nitrogen and oxygen atoms in total. The van der Waals surface area contributed by atoms with Crippen molar-refractivity contribution in [1.82, 2.24) is 4.90 Å². The molecule has 84 valence electrons. The molecule has 2 N–H and O–H groups in total. The van der Waals surface area contributed by atoms with E-state index in [1.165, 1.54) is 0 Å². The zero-order valence-corrected chi connectivity index (χ0v) is 9.42. The highest BCUT2D eigenvalue weighted by Crippen LogP contribution is 2.17. The Balaban J connectivity index is 2.40. The summed E-state index contributed by atoms with van der Waals surface area (Å²) >= 11 is 0. The third-order valence-corrected chi connectivity index (χ3v) is 3.91. The SMILES string of the molecule is CC(CO)(CO)CN1CCS(=O)CC1. The van der Waals surface area contributed by atoms with Gasteiger partial charge in [0.2, 0.25) is 0 Å². The van der Waals surface area contributed by atoms with Gasteiger partial charge in [-0.15, -0.1) is 0 Å². The first-order valence-electron chi connectivity index (χ1n) is 4.89. The molecule has 0 saturated carbocycles. The first-order valence-corrected chi connectivity index (χ1v) is 6.37. The van der Waals surface area contributed by atoms with Crippen LogP contribution < -0.4 is 0 Å². The fourth-order valence-corrected chi connectivity index (χ4v) is 2.65. The van der Waals surface area contributed by atoms with E-state index in [1.807, 2.05) is 6.92 Å². The molecule has 1 saturated heterocycles. The Morgan fingerprint density at radius 3 is 2.21 bits per heavy atom. The van der Waals surface area contributed by atoms with Crippen molar-refractivity contribution in [2.24, 2.45) is 5.41 Å². The zero-order valence-electron chi connectivity index (χ0n) is 8.61. The largest absolute Gasteiger partial charge is 0.396 e. The number of aliphatic hydroxyl groups excluding tert-OH is 2. The number of hydrogen-bond donors (Lipinski definition) is 2. The molecule has 1 rings (SSSR count). The third kappa shape index (κ3) is 3.31. The molecular weight excluding hydrogens is 202 g/mol. The molecule has 1 aliphatic rings. The quantitative estimate of drug-likeness (QED) is 0.642. The molecule has 0 aliphatic carbocycles. The van der Waals surface area contributed by atoms with E-state index in [-0.39, 0.29) is 13.2 Å². The van der Waals surface area contributed by atoms with Crippen molar-refractivity contribution in [3.05, 3.63) is 0 Å². The molecular formula is C9H19NO3S. The van der Waals surface area contributed by atoms with Gasteiger partial charge < -0.3 is 15.1 Å². The summed E-state index contributed by atoms with van der Waals surface area (Å²) < 4.78 is 11.1. The highest BCUT2D eigenvalue weighted by atomic mass is 32.2. The lowest BCUT2D eigenvalue weighted by Gasteiger charge is -2.34. The number of aliphatic hydroxyl groups is 2. The van der Waals surface area contributed by atoms with Crippen LogP contribution in [0.5, 0.6) is 0 Å². The van der Waals surface area contributed by atoms with Crippen LogP contribution in [0.3, 0.4) is 0 Å². The molecule has 0 spiro atoms. The molecule has 0 bridgehead atoms. The molecule has 1 fully saturated rings. The summed E-state index contributed by atoms with van der Waals surface area (Å²) in [5, 5.41) is 18.2. The van der Waals surface area contributed by atoms with Crippen LogP contribution in [0.4, 0.5) is 0 Å². The minimum Gasteiger partial charge on any atom is -0.396 e. The van der Waals surface area contributed by atoms with Crippen LogP contribution in [-0.2, 0) is 10.8 Å². The monoisotopic (exact) mass is 221 g/mol. The minimum absolute atomic E-state index is 0.0108. The fourth-order valence-electron chi connectivity index (χ4n) is 1.52. The number of hydrogen-bond acceptors (Lipinski definition) is 4. The lowest BCUT2D eigenvalue weighted by atomic mass is 9.92. The second-order valence-electron chi connectivity index (χ2n) is 4.25. The maximum absolute atomic E-state index is 11.1. The Labute approximate surface area is 87.4 Å². The van der Waals surface area contributed by atoms with E-state index in [4.69, 9.17) is 10.2 Å². The van der Waals surface area contributed by atoms with Gasteiger partial charge in [-0.2, -0.15) is 0 Å². The van der Waals surface area contributed by atoms with Crippen LogP contribution in [-0.4, -0.2) is 63.7 Å². The second kappa shape index (κ2) is 5.21. The van der Waals surface area contributed by atoms with E-state index < -0.39 is 16.2 Å². The summed E-state index contributed by atoms with van der Waals surface area (Å²) in [5.41, 5.74) is -0.432. The summed E-state index contributed by atoms with van der Waals surface area (Å²) in [6, 6.07) is 0. The van der Waals surface area contributed by atoms with E-state index >= 15 is 0 Å². The van der Waals surface area contributed by atoms with Crippen molar-refractivity contribution in [2.75, 3.05) is 44.4 Å². The summed E-state index contributed by atoms with van der Waals surface area (Å²) in [5.74, 6) is 1.43. The topological polar surface area (TPSA) is 60.8 Å². The van der Waals surface area contributed by atoms with Gasteiger partial charge in [-0.1, -0.05) is 6.92 Å². The van der Waals surface area contributed by atoms with E-state index in [9.17, 15) is 4.21 Å². The smallest absolute Gasteiger partial charge is 0.0519 e. The summed E-state index contributed by atoms with van der Waals surface area (Å²) in [6.07, 6.45) is 0. The van der Waals surface area contributed by atoms with Gasteiger partial charge >= 0.3 is 0 Å². The normalized spacial score (nSPS) is 21.4. The van der Waals surface area contributed by atoms with Crippen molar-refractivity contribution in [3.8, 4) is 0 Å². The average Bonchev–Trinajstić information content (AvgIpc) is 2.21. The first kappa shape index (κ1) is 12.1. The van der Waals surface area contributed by atoms with Gasteiger partial charge in [-0.05, 0) is 0 Å². The van der Waals surface area contributed by atoms with Crippen molar-refractivity contribution < 1.29 is 14.4 Å². The number of rotatable bonds is 4. The standard InChI is InChI=1S/C9H19NO3S/c1-9(7-11,8-12)6-10-2-4-14(13)5-3-10/h11-12H,2-8H2,1H3. The van der Waals surface area contributed by atoms with Crippen LogP contribution in [0.1, 0.15) is 6.92 Å². The molecule has 0 aromatic carbocycles. The van der Waals surface area contributed by atoms with Crippen molar-refractivity contribution in [1.29, 1.82) is 0 Å². The molecule has 14 heavy (non-hydrogen) atoms. The Morgan fingerprint density at radius 2 is 1.79 bits per heavy atom. The van der Waals surface area contributed by atoms with Crippen LogP contribution in [0, 0.1) is 5.41 Å². The molecule has 0 radical (unpaired) electrons. The van der Waals surface area contributed by atoms with Crippen molar-refractivity contribution >= 4 is 10.8 Å². The maximum Gasteiger partial charge on any atom is 0.0519 e. The Bertz CT molecular complexity index is 196. The van der Waals surface area contributed by atoms with Crippen LogP contribution in [0.15, 0.2) is 0 Å². The molecule has 0 atom stereocenters. The van der Waals surface area contributed by atoms with Gasteiger partial charge in [0, 0.05) is 47.4 Å². The van der Waals surface area contributed by atoms with Gasteiger partial charge in [-0.3, -0.25) is 4.21 Å². The Kier molecular flexibility index (Phi) is 4.50. The maximum atomic E-state index is 11.1. The Hall–Kier alpha value is 0.0300. The summed E-state index contributed by atoms with van der Waals surface area (Å²) in [6.45, 7) is 4.13. The van der Waals surface area contributed by atoms with Crippen LogP contribution >= 0.6 is 0 Å². The number of nitrogens with zero attached hydrogens (tertiary/aromatic N) is 1. The second-order valence-corrected chi connectivity index (χ2v) is 5.95.